The van der Waals surface area contributed by atoms with Crippen LogP contribution in [0.2, 0.25) is 0 Å². The maximum atomic E-state index is 12.3. The Labute approximate surface area is 179 Å². The summed E-state index contributed by atoms with van der Waals surface area (Å²) >= 11 is 1.80. The third-order valence-corrected chi connectivity index (χ3v) is 5.60. The number of anilines is 1. The molecule has 2 heterocycles. The molecule has 1 aliphatic rings. The number of likely N-dealkylation sites (N-methyl/N-ethyl adjacent to an activating group) is 1. The number of carbonyl (C=O) groups excluding carboxylic acids is 1. The molecule has 0 saturated carbocycles. The number of amides is 1. The number of nitrogens with one attached hydrogen (secondary N) is 2. The fourth-order valence-corrected chi connectivity index (χ4v) is 3.98. The molecule has 0 unspecified atom stereocenters. The zero-order valence-electron chi connectivity index (χ0n) is 18.5. The van der Waals surface area contributed by atoms with Gasteiger partial charge >= 0.3 is 6.09 Å². The molecule has 8 heteroatoms. The molecule has 7 nitrogen and oxygen atoms in total. The van der Waals surface area contributed by atoms with Gasteiger partial charge in [-0.05, 0) is 65.0 Å². The van der Waals surface area contributed by atoms with E-state index in [4.69, 9.17) is 4.74 Å². The van der Waals surface area contributed by atoms with Crippen molar-refractivity contribution in [3.8, 4) is 0 Å². The monoisotopic (exact) mass is 423 g/mol. The molecule has 1 amide bonds. The standard InChI is InChI=1S/C21H37N5O2S/c1-6-22-19(23-12-15-25(7-2)20(27)28-21(3,4)5)24-17-10-13-26(14-11-17)18-9-8-16-29-18/h8-9,16-17H,6-7,10-15H2,1-5H3,(H2,22,23,24). The van der Waals surface area contributed by atoms with Crippen LogP contribution in [-0.2, 0) is 4.74 Å². The minimum atomic E-state index is -0.484. The van der Waals surface area contributed by atoms with Gasteiger partial charge in [0.2, 0.25) is 0 Å². The molecule has 0 radical (unpaired) electrons. The van der Waals surface area contributed by atoms with Crippen LogP contribution in [0, 0.1) is 0 Å². The molecule has 0 atom stereocenters. The van der Waals surface area contributed by atoms with Crippen LogP contribution in [0.25, 0.3) is 0 Å². The molecule has 1 aromatic rings. The summed E-state index contributed by atoms with van der Waals surface area (Å²) in [4.78, 5) is 21.1. The van der Waals surface area contributed by atoms with Gasteiger partial charge in [-0.2, -0.15) is 0 Å². The zero-order chi connectivity index (χ0) is 21.3. The number of nitrogens with zero attached hydrogens (tertiary/aromatic N) is 3. The maximum Gasteiger partial charge on any atom is 0.410 e. The molecule has 0 bridgehead atoms. The number of hydrogen-bond donors (Lipinski definition) is 2. The summed E-state index contributed by atoms with van der Waals surface area (Å²) in [6.07, 6.45) is 1.89. The van der Waals surface area contributed by atoms with E-state index in [1.165, 1.54) is 5.00 Å². The SMILES string of the molecule is CCNC(=NCCN(CC)C(=O)OC(C)(C)C)NC1CCN(c2cccs2)CC1. The van der Waals surface area contributed by atoms with E-state index in [1.807, 2.05) is 27.7 Å². The zero-order valence-corrected chi connectivity index (χ0v) is 19.3. The molecule has 1 saturated heterocycles. The van der Waals surface area contributed by atoms with Crippen molar-refractivity contribution < 1.29 is 9.53 Å². The Morgan fingerprint density at radius 3 is 2.62 bits per heavy atom. The van der Waals surface area contributed by atoms with Crippen LogP contribution in [-0.4, -0.2) is 67.9 Å². The van der Waals surface area contributed by atoms with Gasteiger partial charge in [-0.25, -0.2) is 4.79 Å². The van der Waals surface area contributed by atoms with Crippen LogP contribution in [0.4, 0.5) is 9.80 Å². The van der Waals surface area contributed by atoms with Crippen molar-refractivity contribution in [2.45, 2.75) is 59.1 Å². The number of aliphatic imine (C=N–C) groups is 1. The second-order valence-electron chi connectivity index (χ2n) is 8.18. The molecule has 2 rings (SSSR count). The minimum absolute atomic E-state index is 0.283. The third-order valence-electron chi connectivity index (χ3n) is 4.67. The summed E-state index contributed by atoms with van der Waals surface area (Å²) in [6.45, 7) is 14.3. The van der Waals surface area contributed by atoms with Crippen LogP contribution in [0.15, 0.2) is 22.5 Å². The number of guanidine groups is 1. The average molecular weight is 424 g/mol. The summed E-state index contributed by atoms with van der Waals surface area (Å²) in [5.41, 5.74) is -0.484. The lowest BCUT2D eigenvalue weighted by Crippen LogP contribution is -2.49. The minimum Gasteiger partial charge on any atom is -0.444 e. The molecule has 164 valence electrons. The Hall–Kier alpha value is -1.96. The Morgan fingerprint density at radius 1 is 1.34 bits per heavy atom. The van der Waals surface area contributed by atoms with Crippen LogP contribution in [0.1, 0.15) is 47.5 Å². The van der Waals surface area contributed by atoms with Crippen LogP contribution in [0.5, 0.6) is 0 Å². The van der Waals surface area contributed by atoms with Gasteiger partial charge in [0.25, 0.3) is 0 Å². The number of thiophene rings is 1. The lowest BCUT2D eigenvalue weighted by Gasteiger charge is -2.33. The fraction of sp³-hybridized carbons (Fsp3) is 0.714. The average Bonchev–Trinajstić information content (AvgIpc) is 3.19. The molecular weight excluding hydrogens is 386 g/mol. The van der Waals surface area contributed by atoms with E-state index in [0.717, 1.165) is 38.4 Å². The molecule has 0 spiro atoms. The number of carbonyl (C=O) groups is 1. The summed E-state index contributed by atoms with van der Waals surface area (Å²) in [5.74, 6) is 0.822. The number of piperidine rings is 1. The first-order chi connectivity index (χ1) is 13.8. The predicted molar refractivity (Wildman–Crippen MR) is 122 cm³/mol. The second kappa shape index (κ2) is 11.3. The summed E-state index contributed by atoms with van der Waals surface area (Å²) < 4.78 is 5.46. The van der Waals surface area contributed by atoms with Gasteiger partial charge in [0.1, 0.15) is 5.60 Å². The molecule has 0 aromatic carbocycles. The Bertz CT molecular complexity index is 634. The lowest BCUT2D eigenvalue weighted by atomic mass is 10.1. The van der Waals surface area contributed by atoms with Crippen molar-refractivity contribution in [1.29, 1.82) is 0 Å². The van der Waals surface area contributed by atoms with Crippen molar-refractivity contribution >= 4 is 28.4 Å². The Balaban J connectivity index is 1.82. The van der Waals surface area contributed by atoms with Crippen molar-refractivity contribution in [2.75, 3.05) is 44.2 Å². The van der Waals surface area contributed by atoms with Gasteiger partial charge in [0.15, 0.2) is 5.96 Å². The molecule has 29 heavy (non-hydrogen) atoms. The Morgan fingerprint density at radius 2 is 2.07 bits per heavy atom. The largest absolute Gasteiger partial charge is 0.444 e. The first-order valence-corrected chi connectivity index (χ1v) is 11.5. The highest BCUT2D eigenvalue weighted by Crippen LogP contribution is 2.24. The van der Waals surface area contributed by atoms with Gasteiger partial charge < -0.3 is 25.2 Å². The highest BCUT2D eigenvalue weighted by atomic mass is 32.1. The van der Waals surface area contributed by atoms with E-state index in [1.54, 1.807) is 16.2 Å². The van der Waals surface area contributed by atoms with Crippen molar-refractivity contribution in [1.82, 2.24) is 15.5 Å². The van der Waals surface area contributed by atoms with E-state index in [2.05, 4.69) is 45.0 Å². The number of ether oxygens (including phenoxy) is 1. The Kier molecular flexibility index (Phi) is 9.07. The van der Waals surface area contributed by atoms with E-state index in [0.29, 0.717) is 25.7 Å². The first-order valence-electron chi connectivity index (χ1n) is 10.6. The van der Waals surface area contributed by atoms with Crippen molar-refractivity contribution in [3.05, 3.63) is 17.5 Å². The molecule has 0 aliphatic carbocycles. The van der Waals surface area contributed by atoms with Gasteiger partial charge in [0, 0.05) is 38.8 Å². The molecule has 1 fully saturated rings. The van der Waals surface area contributed by atoms with Gasteiger partial charge in [-0.3, -0.25) is 4.99 Å². The third kappa shape index (κ3) is 8.12. The van der Waals surface area contributed by atoms with Gasteiger partial charge in [-0.1, -0.05) is 0 Å². The van der Waals surface area contributed by atoms with Crippen molar-refractivity contribution in [3.63, 3.8) is 0 Å². The first kappa shape index (κ1) is 23.3. The predicted octanol–water partition coefficient (Wildman–Crippen LogP) is 3.53. The lowest BCUT2D eigenvalue weighted by molar-refractivity contribution is 0.0266. The van der Waals surface area contributed by atoms with E-state index in [-0.39, 0.29) is 6.09 Å². The van der Waals surface area contributed by atoms with Crippen LogP contribution >= 0.6 is 11.3 Å². The molecule has 1 aliphatic heterocycles. The summed E-state index contributed by atoms with van der Waals surface area (Å²) in [6, 6.07) is 4.71. The molecular formula is C21H37N5O2S. The van der Waals surface area contributed by atoms with Crippen LogP contribution in [0.3, 0.4) is 0 Å². The quantitative estimate of drug-likeness (QED) is 0.519. The molecule has 2 N–H and O–H groups in total. The smallest absolute Gasteiger partial charge is 0.410 e. The second-order valence-corrected chi connectivity index (χ2v) is 9.10. The van der Waals surface area contributed by atoms with Crippen LogP contribution < -0.4 is 15.5 Å². The number of hydrogen-bond acceptors (Lipinski definition) is 5. The van der Waals surface area contributed by atoms with E-state index < -0.39 is 5.60 Å². The van der Waals surface area contributed by atoms with Gasteiger partial charge in [0.05, 0.1) is 11.5 Å². The maximum absolute atomic E-state index is 12.3. The summed E-state index contributed by atoms with van der Waals surface area (Å²) in [5, 5.41) is 10.4. The highest BCUT2D eigenvalue weighted by molar-refractivity contribution is 7.14. The van der Waals surface area contributed by atoms with E-state index >= 15 is 0 Å². The van der Waals surface area contributed by atoms with Crippen molar-refractivity contribution in [2.24, 2.45) is 4.99 Å². The summed E-state index contributed by atoms with van der Waals surface area (Å²) in [7, 11) is 0. The van der Waals surface area contributed by atoms with Gasteiger partial charge in [-0.15, -0.1) is 11.3 Å². The van der Waals surface area contributed by atoms with E-state index in [9.17, 15) is 4.79 Å². The number of rotatable bonds is 7. The topological polar surface area (TPSA) is 69.2 Å². The molecule has 1 aromatic heterocycles. The highest BCUT2D eigenvalue weighted by Gasteiger charge is 2.22. The fourth-order valence-electron chi connectivity index (χ4n) is 3.19. The normalized spacial score (nSPS) is 15.9.